The van der Waals surface area contributed by atoms with E-state index < -0.39 is 17.7 Å². The first kappa shape index (κ1) is 15.4. The molecular weight excluding hydrogens is 260 g/mol. The summed E-state index contributed by atoms with van der Waals surface area (Å²) in [5.41, 5.74) is 0.0567. The van der Waals surface area contributed by atoms with E-state index in [0.29, 0.717) is 6.54 Å². The lowest BCUT2D eigenvalue weighted by Gasteiger charge is -2.23. The van der Waals surface area contributed by atoms with Crippen LogP contribution in [-0.2, 0) is 0 Å². The van der Waals surface area contributed by atoms with Gasteiger partial charge in [0.15, 0.2) is 11.6 Å². The highest BCUT2D eigenvalue weighted by Crippen LogP contribution is 2.24. The maximum Gasteiger partial charge on any atom is 0.164 e. The van der Waals surface area contributed by atoms with Gasteiger partial charge in [0.1, 0.15) is 0 Å². The molecule has 0 aromatic heterocycles. The van der Waals surface area contributed by atoms with Gasteiger partial charge >= 0.3 is 0 Å². The number of hydrogen-bond acceptors (Lipinski definition) is 2. The second-order valence-electron chi connectivity index (χ2n) is 5.66. The molecule has 1 aromatic rings. The molecule has 1 aromatic carbocycles. The fourth-order valence-electron chi connectivity index (χ4n) is 2.94. The van der Waals surface area contributed by atoms with E-state index in [9.17, 15) is 13.9 Å². The largest absolute Gasteiger partial charge is 0.387 e. The van der Waals surface area contributed by atoms with E-state index in [-0.39, 0.29) is 5.56 Å². The quantitative estimate of drug-likeness (QED) is 0.914. The second-order valence-corrected chi connectivity index (χ2v) is 5.66. The Balaban J connectivity index is 1.97. The van der Waals surface area contributed by atoms with Crippen molar-refractivity contribution in [2.24, 2.45) is 5.92 Å². The fourth-order valence-corrected chi connectivity index (χ4v) is 2.94. The average molecular weight is 283 g/mol. The number of aliphatic hydroxyl groups excluding tert-OH is 1. The predicted octanol–water partition coefficient (Wildman–Crippen LogP) is 3.51. The SMILES string of the molecule is CCC1CCCN(CC(O)c2cccc(F)c2F)CC1. The number of hydrogen-bond donors (Lipinski definition) is 1. The lowest BCUT2D eigenvalue weighted by Crippen LogP contribution is -2.30. The number of rotatable bonds is 4. The Kier molecular flexibility index (Phi) is 5.49. The van der Waals surface area contributed by atoms with Crippen LogP contribution in [0.1, 0.15) is 44.3 Å². The van der Waals surface area contributed by atoms with Crippen molar-refractivity contribution in [1.82, 2.24) is 4.90 Å². The molecular formula is C16H23F2NO. The molecule has 1 N–H and O–H groups in total. The molecule has 2 rings (SSSR count). The summed E-state index contributed by atoms with van der Waals surface area (Å²) in [5, 5.41) is 10.1. The predicted molar refractivity (Wildman–Crippen MR) is 75.4 cm³/mol. The van der Waals surface area contributed by atoms with Gasteiger partial charge in [0, 0.05) is 12.1 Å². The van der Waals surface area contributed by atoms with Crippen LogP contribution in [0.15, 0.2) is 18.2 Å². The highest BCUT2D eigenvalue weighted by molar-refractivity contribution is 5.21. The minimum Gasteiger partial charge on any atom is -0.387 e. The molecule has 0 spiro atoms. The number of likely N-dealkylation sites (tertiary alicyclic amines) is 1. The van der Waals surface area contributed by atoms with Crippen molar-refractivity contribution in [3.05, 3.63) is 35.4 Å². The Morgan fingerprint density at radius 2 is 2.10 bits per heavy atom. The van der Waals surface area contributed by atoms with Crippen molar-refractivity contribution < 1.29 is 13.9 Å². The number of nitrogens with zero attached hydrogens (tertiary/aromatic N) is 1. The molecule has 1 aliphatic heterocycles. The Labute approximate surface area is 119 Å². The second kappa shape index (κ2) is 7.14. The lowest BCUT2D eigenvalue weighted by atomic mass is 9.98. The molecule has 0 saturated carbocycles. The monoisotopic (exact) mass is 283 g/mol. The molecule has 2 nitrogen and oxygen atoms in total. The number of aliphatic hydroxyl groups is 1. The fraction of sp³-hybridized carbons (Fsp3) is 0.625. The summed E-state index contributed by atoms with van der Waals surface area (Å²) in [6.07, 6.45) is 3.67. The topological polar surface area (TPSA) is 23.5 Å². The molecule has 0 radical (unpaired) electrons. The van der Waals surface area contributed by atoms with E-state index in [2.05, 4.69) is 11.8 Å². The van der Waals surface area contributed by atoms with Crippen LogP contribution in [0, 0.1) is 17.6 Å². The first-order valence-corrected chi connectivity index (χ1v) is 7.46. The molecule has 0 aliphatic carbocycles. The molecule has 1 fully saturated rings. The maximum atomic E-state index is 13.6. The molecule has 112 valence electrons. The van der Waals surface area contributed by atoms with E-state index in [1.165, 1.54) is 25.0 Å². The van der Waals surface area contributed by atoms with Gasteiger partial charge in [-0.15, -0.1) is 0 Å². The Morgan fingerprint density at radius 1 is 1.30 bits per heavy atom. The van der Waals surface area contributed by atoms with Gasteiger partial charge in [-0.1, -0.05) is 25.5 Å². The lowest BCUT2D eigenvalue weighted by molar-refractivity contribution is 0.110. The zero-order valence-corrected chi connectivity index (χ0v) is 12.0. The summed E-state index contributed by atoms with van der Waals surface area (Å²) in [6, 6.07) is 3.96. The van der Waals surface area contributed by atoms with Gasteiger partial charge in [-0.05, 0) is 44.3 Å². The number of benzene rings is 1. The van der Waals surface area contributed by atoms with Gasteiger partial charge in [0.05, 0.1) is 6.10 Å². The number of β-amino-alcohol motifs (C(OH)–C–C–N with tert-alkyl or cyclic N) is 1. The van der Waals surface area contributed by atoms with Crippen molar-refractivity contribution in [3.8, 4) is 0 Å². The van der Waals surface area contributed by atoms with E-state index in [1.54, 1.807) is 0 Å². The number of halogens is 2. The third-order valence-corrected chi connectivity index (χ3v) is 4.29. The van der Waals surface area contributed by atoms with Crippen LogP contribution in [0.4, 0.5) is 8.78 Å². The summed E-state index contributed by atoms with van der Waals surface area (Å²) >= 11 is 0. The van der Waals surface area contributed by atoms with Crippen LogP contribution in [0.5, 0.6) is 0 Å². The molecule has 4 heteroatoms. The Hall–Kier alpha value is -1.00. The standard InChI is InChI=1S/C16H23F2NO/c1-2-12-5-4-9-19(10-8-12)11-15(20)13-6-3-7-14(17)16(13)18/h3,6-7,12,15,20H,2,4-5,8-11H2,1H3. The summed E-state index contributed by atoms with van der Waals surface area (Å²) in [7, 11) is 0. The van der Waals surface area contributed by atoms with Crippen molar-refractivity contribution >= 4 is 0 Å². The third-order valence-electron chi connectivity index (χ3n) is 4.29. The highest BCUT2D eigenvalue weighted by Gasteiger charge is 2.21. The van der Waals surface area contributed by atoms with Crippen LogP contribution in [-0.4, -0.2) is 29.6 Å². The zero-order chi connectivity index (χ0) is 14.5. The Bertz CT molecular complexity index is 438. The van der Waals surface area contributed by atoms with Crippen molar-refractivity contribution in [3.63, 3.8) is 0 Å². The summed E-state index contributed by atoms with van der Waals surface area (Å²) in [4.78, 5) is 2.16. The third kappa shape index (κ3) is 3.76. The molecule has 0 amide bonds. The van der Waals surface area contributed by atoms with Gasteiger partial charge in [0.2, 0.25) is 0 Å². The average Bonchev–Trinajstić information content (AvgIpc) is 2.67. The van der Waals surface area contributed by atoms with E-state index in [1.807, 2.05) is 0 Å². The molecule has 0 bridgehead atoms. The van der Waals surface area contributed by atoms with Crippen LogP contribution in [0.3, 0.4) is 0 Å². The van der Waals surface area contributed by atoms with E-state index in [4.69, 9.17) is 0 Å². The first-order valence-electron chi connectivity index (χ1n) is 7.46. The van der Waals surface area contributed by atoms with Crippen LogP contribution in [0.2, 0.25) is 0 Å². The zero-order valence-electron chi connectivity index (χ0n) is 12.0. The summed E-state index contributed by atoms with van der Waals surface area (Å²) in [6.45, 7) is 4.42. The van der Waals surface area contributed by atoms with Gasteiger partial charge in [-0.3, -0.25) is 0 Å². The summed E-state index contributed by atoms with van der Waals surface area (Å²) < 4.78 is 26.8. The van der Waals surface area contributed by atoms with Crippen molar-refractivity contribution in [2.75, 3.05) is 19.6 Å². The van der Waals surface area contributed by atoms with Crippen molar-refractivity contribution in [1.29, 1.82) is 0 Å². The van der Waals surface area contributed by atoms with Crippen LogP contribution in [0.25, 0.3) is 0 Å². The molecule has 2 atom stereocenters. The van der Waals surface area contributed by atoms with Crippen LogP contribution >= 0.6 is 0 Å². The van der Waals surface area contributed by atoms with Gasteiger partial charge in [0.25, 0.3) is 0 Å². The van der Waals surface area contributed by atoms with E-state index in [0.717, 1.165) is 37.9 Å². The summed E-state index contributed by atoms with van der Waals surface area (Å²) in [5.74, 6) is -1.08. The van der Waals surface area contributed by atoms with Gasteiger partial charge in [-0.2, -0.15) is 0 Å². The highest BCUT2D eigenvalue weighted by atomic mass is 19.2. The van der Waals surface area contributed by atoms with Gasteiger partial charge in [-0.25, -0.2) is 8.78 Å². The Morgan fingerprint density at radius 3 is 2.85 bits per heavy atom. The maximum absolute atomic E-state index is 13.6. The van der Waals surface area contributed by atoms with Gasteiger partial charge < -0.3 is 10.0 Å². The molecule has 1 aliphatic rings. The first-order chi connectivity index (χ1) is 9.61. The minimum atomic E-state index is -0.969. The van der Waals surface area contributed by atoms with E-state index >= 15 is 0 Å². The van der Waals surface area contributed by atoms with Crippen molar-refractivity contribution in [2.45, 2.75) is 38.7 Å². The smallest absolute Gasteiger partial charge is 0.164 e. The van der Waals surface area contributed by atoms with Crippen LogP contribution < -0.4 is 0 Å². The molecule has 1 heterocycles. The molecule has 1 saturated heterocycles. The molecule has 20 heavy (non-hydrogen) atoms. The molecule has 2 unspecified atom stereocenters. The normalized spacial score (nSPS) is 22.5. The minimum absolute atomic E-state index is 0.0567.